The lowest BCUT2D eigenvalue weighted by Crippen LogP contribution is -2.19. The van der Waals surface area contributed by atoms with E-state index < -0.39 is 0 Å². The molecule has 1 unspecified atom stereocenters. The standard InChI is InChI=1S/C15H24O/c1-5-6-13(11-16)8-10-14-9-7-12(2)15(14,3)4/h7-8,11,14H,5-6,9-10H2,1-4H3/b13-8-. The Bertz CT molecular complexity index is 307. The van der Waals surface area contributed by atoms with Gasteiger partial charge in [0.05, 0.1) is 0 Å². The van der Waals surface area contributed by atoms with E-state index in [2.05, 4.69) is 39.8 Å². The van der Waals surface area contributed by atoms with Crippen LogP contribution in [0.2, 0.25) is 0 Å². The Labute approximate surface area is 99.6 Å². The summed E-state index contributed by atoms with van der Waals surface area (Å²) in [4.78, 5) is 10.8. The summed E-state index contributed by atoms with van der Waals surface area (Å²) >= 11 is 0. The maximum absolute atomic E-state index is 10.8. The molecule has 1 rings (SSSR count). The molecule has 1 aliphatic rings. The van der Waals surface area contributed by atoms with E-state index >= 15 is 0 Å². The first-order chi connectivity index (χ1) is 7.52. The molecule has 90 valence electrons. The monoisotopic (exact) mass is 220 g/mol. The number of hydrogen-bond donors (Lipinski definition) is 0. The van der Waals surface area contributed by atoms with Gasteiger partial charge in [-0.05, 0) is 43.1 Å². The number of allylic oxidation sites excluding steroid dienone is 4. The largest absolute Gasteiger partial charge is 0.298 e. The van der Waals surface area contributed by atoms with Gasteiger partial charge in [-0.25, -0.2) is 0 Å². The summed E-state index contributed by atoms with van der Waals surface area (Å²) in [5.41, 5.74) is 2.77. The molecule has 0 saturated carbocycles. The van der Waals surface area contributed by atoms with Crippen LogP contribution in [0.5, 0.6) is 0 Å². The van der Waals surface area contributed by atoms with Gasteiger partial charge in [-0.15, -0.1) is 0 Å². The lowest BCUT2D eigenvalue weighted by molar-refractivity contribution is -0.105. The van der Waals surface area contributed by atoms with E-state index in [4.69, 9.17) is 0 Å². The maximum Gasteiger partial charge on any atom is 0.145 e. The molecule has 0 heterocycles. The van der Waals surface area contributed by atoms with Gasteiger partial charge >= 0.3 is 0 Å². The van der Waals surface area contributed by atoms with Gasteiger partial charge < -0.3 is 0 Å². The van der Waals surface area contributed by atoms with Crippen molar-refractivity contribution in [3.63, 3.8) is 0 Å². The average Bonchev–Trinajstić information content (AvgIpc) is 2.50. The molecule has 0 aromatic carbocycles. The van der Waals surface area contributed by atoms with Gasteiger partial charge in [0.25, 0.3) is 0 Å². The lowest BCUT2D eigenvalue weighted by Gasteiger charge is -2.29. The predicted octanol–water partition coefficient (Wildman–Crippen LogP) is 4.29. The van der Waals surface area contributed by atoms with E-state index in [-0.39, 0.29) is 0 Å². The molecule has 0 aliphatic heterocycles. The third kappa shape index (κ3) is 2.84. The first kappa shape index (κ1) is 13.2. The Morgan fingerprint density at radius 3 is 2.69 bits per heavy atom. The highest BCUT2D eigenvalue weighted by atomic mass is 16.1. The van der Waals surface area contributed by atoms with Crippen LogP contribution in [0.3, 0.4) is 0 Å². The third-order valence-electron chi connectivity index (χ3n) is 4.10. The Morgan fingerprint density at radius 2 is 2.25 bits per heavy atom. The van der Waals surface area contributed by atoms with Gasteiger partial charge in [-0.3, -0.25) is 4.79 Å². The van der Waals surface area contributed by atoms with Crippen molar-refractivity contribution in [3.05, 3.63) is 23.3 Å². The first-order valence-corrected chi connectivity index (χ1v) is 6.33. The average molecular weight is 220 g/mol. The summed E-state index contributed by atoms with van der Waals surface area (Å²) in [5.74, 6) is 0.666. The summed E-state index contributed by atoms with van der Waals surface area (Å²) in [5, 5.41) is 0. The fourth-order valence-electron chi connectivity index (χ4n) is 2.38. The second kappa shape index (κ2) is 5.47. The Kier molecular flexibility index (Phi) is 4.52. The molecule has 1 heteroatoms. The van der Waals surface area contributed by atoms with Crippen molar-refractivity contribution in [1.29, 1.82) is 0 Å². The quantitative estimate of drug-likeness (QED) is 0.383. The van der Waals surface area contributed by atoms with Crippen molar-refractivity contribution in [1.82, 2.24) is 0 Å². The molecule has 1 atom stereocenters. The molecule has 1 aliphatic carbocycles. The zero-order valence-electron chi connectivity index (χ0n) is 11.0. The molecule has 0 amide bonds. The van der Waals surface area contributed by atoms with Crippen molar-refractivity contribution < 1.29 is 4.79 Å². The normalized spacial score (nSPS) is 24.4. The second-order valence-electron chi connectivity index (χ2n) is 5.42. The van der Waals surface area contributed by atoms with E-state index in [1.807, 2.05) is 0 Å². The van der Waals surface area contributed by atoms with Crippen LogP contribution >= 0.6 is 0 Å². The smallest absolute Gasteiger partial charge is 0.145 e. The molecule has 0 radical (unpaired) electrons. The van der Waals surface area contributed by atoms with Gasteiger partial charge in [0.2, 0.25) is 0 Å². The van der Waals surface area contributed by atoms with Crippen molar-refractivity contribution in [2.45, 2.75) is 53.4 Å². The topological polar surface area (TPSA) is 17.1 Å². The number of hydrogen-bond acceptors (Lipinski definition) is 1. The molecule has 0 aromatic rings. The van der Waals surface area contributed by atoms with E-state index in [0.717, 1.165) is 37.5 Å². The van der Waals surface area contributed by atoms with Crippen LogP contribution in [0.4, 0.5) is 0 Å². The third-order valence-corrected chi connectivity index (χ3v) is 4.10. The molecule has 0 fully saturated rings. The van der Waals surface area contributed by atoms with Crippen LogP contribution in [-0.2, 0) is 4.79 Å². The van der Waals surface area contributed by atoms with Gasteiger partial charge in [0.1, 0.15) is 6.29 Å². The van der Waals surface area contributed by atoms with Gasteiger partial charge in [-0.1, -0.05) is 44.9 Å². The van der Waals surface area contributed by atoms with Gasteiger partial charge in [0.15, 0.2) is 0 Å². The van der Waals surface area contributed by atoms with Gasteiger partial charge in [-0.2, -0.15) is 0 Å². The van der Waals surface area contributed by atoms with E-state index in [1.165, 1.54) is 5.57 Å². The number of carbonyl (C=O) groups excluding carboxylic acids is 1. The van der Waals surface area contributed by atoms with Crippen molar-refractivity contribution >= 4 is 6.29 Å². The van der Waals surface area contributed by atoms with Crippen LogP contribution in [0.15, 0.2) is 23.3 Å². The van der Waals surface area contributed by atoms with Crippen LogP contribution in [0.25, 0.3) is 0 Å². The first-order valence-electron chi connectivity index (χ1n) is 6.33. The molecular weight excluding hydrogens is 196 g/mol. The summed E-state index contributed by atoms with van der Waals surface area (Å²) in [6.07, 6.45) is 9.68. The fourth-order valence-corrected chi connectivity index (χ4v) is 2.38. The number of aldehydes is 1. The molecule has 1 nitrogen and oxygen atoms in total. The summed E-state index contributed by atoms with van der Waals surface area (Å²) in [7, 11) is 0. The SMILES string of the molecule is CCC/C(C=O)=C/CC1CC=C(C)C1(C)C. The zero-order chi connectivity index (χ0) is 12.2. The molecule has 16 heavy (non-hydrogen) atoms. The molecule has 0 N–H and O–H groups in total. The van der Waals surface area contributed by atoms with E-state index in [9.17, 15) is 4.79 Å². The van der Waals surface area contributed by atoms with Crippen molar-refractivity contribution in [2.75, 3.05) is 0 Å². The van der Waals surface area contributed by atoms with Crippen molar-refractivity contribution in [3.8, 4) is 0 Å². The van der Waals surface area contributed by atoms with Gasteiger partial charge in [0, 0.05) is 0 Å². The molecule has 0 bridgehead atoms. The summed E-state index contributed by atoms with van der Waals surface area (Å²) in [6.45, 7) is 8.95. The number of rotatable bonds is 5. The molecule has 0 spiro atoms. The van der Waals surface area contributed by atoms with Crippen LogP contribution in [0.1, 0.15) is 53.4 Å². The summed E-state index contributed by atoms with van der Waals surface area (Å²) < 4.78 is 0. The molecule has 0 saturated heterocycles. The van der Waals surface area contributed by atoms with E-state index in [0.29, 0.717) is 11.3 Å². The fraction of sp³-hybridized carbons (Fsp3) is 0.667. The number of carbonyl (C=O) groups is 1. The van der Waals surface area contributed by atoms with Crippen LogP contribution < -0.4 is 0 Å². The maximum atomic E-state index is 10.8. The van der Waals surface area contributed by atoms with E-state index in [1.54, 1.807) is 0 Å². The highest BCUT2D eigenvalue weighted by Gasteiger charge is 2.33. The van der Waals surface area contributed by atoms with Crippen molar-refractivity contribution in [2.24, 2.45) is 11.3 Å². The second-order valence-corrected chi connectivity index (χ2v) is 5.42. The predicted molar refractivity (Wildman–Crippen MR) is 69.3 cm³/mol. The lowest BCUT2D eigenvalue weighted by atomic mass is 9.76. The minimum Gasteiger partial charge on any atom is -0.298 e. The highest BCUT2D eigenvalue weighted by molar-refractivity contribution is 5.72. The Balaban J connectivity index is 2.60. The Morgan fingerprint density at radius 1 is 1.56 bits per heavy atom. The molecule has 0 aromatic heterocycles. The van der Waals surface area contributed by atoms with Crippen LogP contribution in [0, 0.1) is 11.3 Å². The minimum absolute atomic E-state index is 0.302. The minimum atomic E-state index is 0.302. The molecular formula is C15H24O. The van der Waals surface area contributed by atoms with Crippen LogP contribution in [-0.4, -0.2) is 6.29 Å². The summed E-state index contributed by atoms with van der Waals surface area (Å²) in [6, 6.07) is 0. The highest BCUT2D eigenvalue weighted by Crippen LogP contribution is 2.44. The Hall–Kier alpha value is -0.850. The zero-order valence-corrected chi connectivity index (χ0v) is 11.0.